The Morgan fingerprint density at radius 3 is 2.90 bits per heavy atom. The van der Waals surface area contributed by atoms with Crippen molar-refractivity contribution >= 4 is 11.7 Å². The average Bonchev–Trinajstić information content (AvgIpc) is 3.12. The molecule has 0 bridgehead atoms. The standard InChI is InChI=1S/C15H22FN3O/c1-4-6-17-14-13(16)12(5-7-18-14)15(20)19(3)9-11-8-10(11)2/h5,7,10-11H,4,6,8-9H2,1-3H3,(H,17,18). The number of hydrogen-bond acceptors (Lipinski definition) is 3. The Morgan fingerprint density at radius 2 is 2.30 bits per heavy atom. The van der Waals surface area contributed by atoms with E-state index in [0.717, 1.165) is 12.8 Å². The van der Waals surface area contributed by atoms with Gasteiger partial charge < -0.3 is 10.2 Å². The summed E-state index contributed by atoms with van der Waals surface area (Å²) in [6, 6.07) is 1.45. The van der Waals surface area contributed by atoms with Crippen molar-refractivity contribution in [3.63, 3.8) is 0 Å². The van der Waals surface area contributed by atoms with Crippen molar-refractivity contribution < 1.29 is 9.18 Å². The molecule has 0 saturated heterocycles. The Morgan fingerprint density at radius 1 is 1.60 bits per heavy atom. The molecule has 2 unspecified atom stereocenters. The largest absolute Gasteiger partial charge is 0.368 e. The van der Waals surface area contributed by atoms with Crippen LogP contribution in [0.4, 0.5) is 10.2 Å². The molecule has 1 heterocycles. The van der Waals surface area contributed by atoms with Gasteiger partial charge in [-0.1, -0.05) is 13.8 Å². The van der Waals surface area contributed by atoms with E-state index < -0.39 is 5.82 Å². The van der Waals surface area contributed by atoms with Crippen molar-refractivity contribution in [1.29, 1.82) is 0 Å². The van der Waals surface area contributed by atoms with Gasteiger partial charge in [-0.2, -0.15) is 0 Å². The maximum atomic E-state index is 14.3. The highest BCUT2D eigenvalue weighted by atomic mass is 19.1. The minimum absolute atomic E-state index is 0.0920. The monoisotopic (exact) mass is 279 g/mol. The van der Waals surface area contributed by atoms with E-state index in [9.17, 15) is 9.18 Å². The Kier molecular flexibility index (Phi) is 4.57. The highest BCUT2D eigenvalue weighted by Gasteiger charge is 2.34. The van der Waals surface area contributed by atoms with Gasteiger partial charge in [-0.05, 0) is 30.7 Å². The first-order chi connectivity index (χ1) is 9.54. The number of halogens is 1. The Hall–Kier alpha value is -1.65. The maximum Gasteiger partial charge on any atom is 0.256 e. The maximum absolute atomic E-state index is 14.3. The van der Waals surface area contributed by atoms with Crippen molar-refractivity contribution in [2.75, 3.05) is 25.5 Å². The fourth-order valence-electron chi connectivity index (χ4n) is 2.27. The van der Waals surface area contributed by atoms with Gasteiger partial charge in [0.05, 0.1) is 5.56 Å². The normalized spacial score (nSPS) is 20.6. The van der Waals surface area contributed by atoms with Crippen LogP contribution in [-0.2, 0) is 0 Å². The van der Waals surface area contributed by atoms with Crippen molar-refractivity contribution in [3.05, 3.63) is 23.6 Å². The van der Waals surface area contributed by atoms with Gasteiger partial charge in [0.2, 0.25) is 0 Å². The number of anilines is 1. The Labute approximate surface area is 119 Å². The van der Waals surface area contributed by atoms with Crippen LogP contribution in [0.1, 0.15) is 37.0 Å². The van der Waals surface area contributed by atoms with E-state index in [2.05, 4.69) is 17.2 Å². The minimum Gasteiger partial charge on any atom is -0.368 e. The number of pyridine rings is 1. The number of amides is 1. The van der Waals surface area contributed by atoms with E-state index in [1.807, 2.05) is 6.92 Å². The van der Waals surface area contributed by atoms with Crippen LogP contribution in [-0.4, -0.2) is 35.9 Å². The van der Waals surface area contributed by atoms with Crippen LogP contribution in [0.2, 0.25) is 0 Å². The molecule has 20 heavy (non-hydrogen) atoms. The van der Waals surface area contributed by atoms with Gasteiger partial charge in [-0.3, -0.25) is 4.79 Å². The minimum atomic E-state index is -0.554. The van der Waals surface area contributed by atoms with Gasteiger partial charge in [0.1, 0.15) is 0 Å². The molecule has 0 aromatic carbocycles. The predicted octanol–water partition coefficient (Wildman–Crippen LogP) is 2.77. The predicted molar refractivity (Wildman–Crippen MR) is 77.2 cm³/mol. The van der Waals surface area contributed by atoms with Gasteiger partial charge in [0.15, 0.2) is 11.6 Å². The molecule has 1 aromatic rings. The van der Waals surface area contributed by atoms with Gasteiger partial charge in [0.25, 0.3) is 5.91 Å². The van der Waals surface area contributed by atoms with Gasteiger partial charge in [-0.25, -0.2) is 9.37 Å². The summed E-state index contributed by atoms with van der Waals surface area (Å²) in [6.07, 6.45) is 3.50. The molecular formula is C15H22FN3O. The summed E-state index contributed by atoms with van der Waals surface area (Å²) in [5.41, 5.74) is 0.0920. The summed E-state index contributed by atoms with van der Waals surface area (Å²) < 4.78 is 14.3. The zero-order valence-electron chi connectivity index (χ0n) is 12.3. The van der Waals surface area contributed by atoms with E-state index in [4.69, 9.17) is 0 Å². The molecule has 1 aliphatic carbocycles. The second-order valence-electron chi connectivity index (χ2n) is 5.61. The summed E-state index contributed by atoms with van der Waals surface area (Å²) in [6.45, 7) is 5.49. The van der Waals surface area contributed by atoms with E-state index in [1.165, 1.54) is 12.3 Å². The van der Waals surface area contributed by atoms with E-state index in [-0.39, 0.29) is 17.3 Å². The van der Waals surface area contributed by atoms with Crippen LogP contribution >= 0.6 is 0 Å². The van der Waals surface area contributed by atoms with Gasteiger partial charge in [-0.15, -0.1) is 0 Å². The molecule has 1 amide bonds. The van der Waals surface area contributed by atoms with E-state index in [0.29, 0.717) is 24.9 Å². The van der Waals surface area contributed by atoms with Crippen molar-refractivity contribution in [2.24, 2.45) is 11.8 Å². The van der Waals surface area contributed by atoms with Gasteiger partial charge >= 0.3 is 0 Å². The zero-order valence-corrected chi connectivity index (χ0v) is 12.3. The molecule has 0 radical (unpaired) electrons. The first-order valence-corrected chi connectivity index (χ1v) is 7.18. The number of hydrogen-bond donors (Lipinski definition) is 1. The lowest BCUT2D eigenvalue weighted by atomic mass is 10.2. The van der Waals surface area contributed by atoms with E-state index in [1.54, 1.807) is 11.9 Å². The number of carbonyl (C=O) groups is 1. The lowest BCUT2D eigenvalue weighted by Gasteiger charge is -2.18. The summed E-state index contributed by atoms with van der Waals surface area (Å²) >= 11 is 0. The molecule has 1 saturated carbocycles. The molecule has 1 aliphatic rings. The van der Waals surface area contributed by atoms with Crippen LogP contribution in [0.3, 0.4) is 0 Å². The smallest absolute Gasteiger partial charge is 0.256 e. The molecule has 110 valence electrons. The molecule has 4 nitrogen and oxygen atoms in total. The second-order valence-corrected chi connectivity index (χ2v) is 5.61. The SMILES string of the molecule is CCCNc1nccc(C(=O)N(C)CC2CC2C)c1F. The zero-order chi connectivity index (χ0) is 14.7. The van der Waals surface area contributed by atoms with Crippen LogP contribution < -0.4 is 5.32 Å². The number of nitrogens with one attached hydrogen (secondary N) is 1. The lowest BCUT2D eigenvalue weighted by Crippen LogP contribution is -2.30. The Balaban J connectivity index is 2.08. The number of rotatable bonds is 6. The number of aromatic nitrogens is 1. The fourth-order valence-corrected chi connectivity index (χ4v) is 2.27. The van der Waals surface area contributed by atoms with Gasteiger partial charge in [0, 0.05) is 26.3 Å². The molecule has 1 aromatic heterocycles. The molecule has 2 atom stereocenters. The molecule has 5 heteroatoms. The Bertz CT molecular complexity index is 492. The third-order valence-corrected chi connectivity index (χ3v) is 3.79. The molecular weight excluding hydrogens is 257 g/mol. The fraction of sp³-hybridized carbons (Fsp3) is 0.600. The van der Waals surface area contributed by atoms with Crippen LogP contribution in [0.25, 0.3) is 0 Å². The average molecular weight is 279 g/mol. The number of carbonyl (C=O) groups excluding carboxylic acids is 1. The topological polar surface area (TPSA) is 45.2 Å². The van der Waals surface area contributed by atoms with Crippen LogP contribution in [0.15, 0.2) is 12.3 Å². The molecule has 2 rings (SSSR count). The second kappa shape index (κ2) is 6.20. The lowest BCUT2D eigenvalue weighted by molar-refractivity contribution is 0.0782. The third kappa shape index (κ3) is 3.26. The molecule has 0 aliphatic heterocycles. The molecule has 1 fully saturated rings. The van der Waals surface area contributed by atoms with Crippen molar-refractivity contribution in [2.45, 2.75) is 26.7 Å². The summed E-state index contributed by atoms with van der Waals surface area (Å²) in [5.74, 6) is 0.567. The van der Waals surface area contributed by atoms with Crippen LogP contribution in [0, 0.1) is 17.7 Å². The van der Waals surface area contributed by atoms with Crippen LogP contribution in [0.5, 0.6) is 0 Å². The molecule has 1 N–H and O–H groups in total. The van der Waals surface area contributed by atoms with Crippen molar-refractivity contribution in [3.8, 4) is 0 Å². The first kappa shape index (κ1) is 14.8. The highest BCUT2D eigenvalue weighted by Crippen LogP contribution is 2.38. The summed E-state index contributed by atoms with van der Waals surface area (Å²) in [5, 5.41) is 2.90. The van der Waals surface area contributed by atoms with E-state index >= 15 is 0 Å². The third-order valence-electron chi connectivity index (χ3n) is 3.79. The quantitative estimate of drug-likeness (QED) is 0.871. The highest BCUT2D eigenvalue weighted by molar-refractivity contribution is 5.95. The molecule has 0 spiro atoms. The summed E-state index contributed by atoms with van der Waals surface area (Å²) in [4.78, 5) is 17.8. The number of nitrogens with zero attached hydrogens (tertiary/aromatic N) is 2. The summed E-state index contributed by atoms with van der Waals surface area (Å²) in [7, 11) is 1.73. The van der Waals surface area contributed by atoms with Crippen molar-refractivity contribution in [1.82, 2.24) is 9.88 Å². The first-order valence-electron chi connectivity index (χ1n) is 7.18.